The zero-order chi connectivity index (χ0) is 19.9. The lowest BCUT2D eigenvalue weighted by molar-refractivity contribution is -0.131. The van der Waals surface area contributed by atoms with E-state index in [1.54, 1.807) is 13.0 Å². The summed E-state index contributed by atoms with van der Waals surface area (Å²) in [5.41, 5.74) is 2.46. The molecule has 0 atom stereocenters. The number of thiophene rings is 1. The Morgan fingerprint density at radius 3 is 2.32 bits per heavy atom. The molecule has 6 nitrogen and oxygen atoms in total. The number of piperazine rings is 1. The number of rotatable bonds is 7. The fourth-order valence-electron chi connectivity index (χ4n) is 3.22. The smallest absolute Gasteiger partial charge is 0.252 e. The van der Waals surface area contributed by atoms with E-state index >= 15 is 0 Å². The van der Waals surface area contributed by atoms with Crippen LogP contribution >= 0.6 is 11.3 Å². The van der Waals surface area contributed by atoms with Crippen molar-refractivity contribution in [1.82, 2.24) is 10.2 Å². The predicted octanol–water partition coefficient (Wildman–Crippen LogP) is 2.81. The van der Waals surface area contributed by atoms with Crippen molar-refractivity contribution in [3.05, 3.63) is 52.2 Å². The number of carbonyl (C=O) groups is 3. The lowest BCUT2D eigenvalue weighted by Crippen LogP contribution is -2.48. The van der Waals surface area contributed by atoms with Crippen LogP contribution in [0.4, 0.5) is 5.69 Å². The monoisotopic (exact) mass is 399 g/mol. The molecule has 1 fully saturated rings. The largest absolute Gasteiger partial charge is 0.368 e. The first-order valence-electron chi connectivity index (χ1n) is 9.49. The molecule has 28 heavy (non-hydrogen) atoms. The fourth-order valence-corrected chi connectivity index (χ4v) is 3.85. The highest BCUT2D eigenvalue weighted by Gasteiger charge is 2.21. The molecule has 1 aliphatic rings. The van der Waals surface area contributed by atoms with Gasteiger partial charge >= 0.3 is 0 Å². The van der Waals surface area contributed by atoms with Gasteiger partial charge in [0.15, 0.2) is 5.78 Å². The van der Waals surface area contributed by atoms with E-state index in [0.717, 1.165) is 18.8 Å². The van der Waals surface area contributed by atoms with E-state index in [9.17, 15) is 14.4 Å². The van der Waals surface area contributed by atoms with Crippen molar-refractivity contribution < 1.29 is 14.4 Å². The second kappa shape index (κ2) is 9.50. The fraction of sp³-hybridized carbons (Fsp3) is 0.381. The molecule has 2 heterocycles. The van der Waals surface area contributed by atoms with Crippen LogP contribution in [-0.2, 0) is 4.79 Å². The van der Waals surface area contributed by atoms with E-state index in [1.807, 2.05) is 39.9 Å². The maximum atomic E-state index is 12.4. The number of nitrogens with one attached hydrogen (secondary N) is 1. The van der Waals surface area contributed by atoms with Crippen molar-refractivity contribution in [2.75, 3.05) is 37.6 Å². The van der Waals surface area contributed by atoms with Gasteiger partial charge in [0.2, 0.25) is 5.91 Å². The first-order chi connectivity index (χ1) is 13.5. The van der Waals surface area contributed by atoms with E-state index in [2.05, 4.69) is 10.2 Å². The molecule has 7 heteroatoms. The third-order valence-corrected chi connectivity index (χ3v) is 5.59. The van der Waals surface area contributed by atoms with Crippen molar-refractivity contribution >= 4 is 34.6 Å². The number of ketones is 1. The minimum absolute atomic E-state index is 0.0634. The molecule has 2 amide bonds. The van der Waals surface area contributed by atoms with Gasteiger partial charge in [-0.1, -0.05) is 0 Å². The molecule has 1 aliphatic heterocycles. The van der Waals surface area contributed by atoms with Gasteiger partial charge in [-0.25, -0.2) is 0 Å². The number of Topliss-reactive ketones (excluding diaryl/α,β-unsaturated/α-hetero) is 1. The Labute approximate surface area is 169 Å². The summed E-state index contributed by atoms with van der Waals surface area (Å²) in [6.07, 6.45) is 1.08. The lowest BCUT2D eigenvalue weighted by atomic mass is 10.1. The number of benzene rings is 1. The molecule has 0 unspecified atom stereocenters. The second-order valence-corrected chi connectivity index (χ2v) is 7.62. The standard InChI is InChI=1S/C21H25N3O3S/c1-16(25)17-4-6-19(7-5-17)23-10-12-24(13-11-23)20(26)3-2-9-22-21(27)18-8-14-28-15-18/h4-8,14-15H,2-3,9-13H2,1H3,(H,22,27). The molecule has 0 bridgehead atoms. The summed E-state index contributed by atoms with van der Waals surface area (Å²) in [6.45, 7) is 5.00. The Bertz CT molecular complexity index is 810. The van der Waals surface area contributed by atoms with Gasteiger partial charge in [0, 0.05) is 61.3 Å². The zero-order valence-electron chi connectivity index (χ0n) is 16.0. The molecule has 1 aromatic heterocycles. The Balaban J connectivity index is 1.37. The van der Waals surface area contributed by atoms with E-state index in [-0.39, 0.29) is 17.6 Å². The molecular weight excluding hydrogens is 374 g/mol. The minimum atomic E-state index is -0.0851. The average molecular weight is 400 g/mol. The number of hydrogen-bond donors (Lipinski definition) is 1. The van der Waals surface area contributed by atoms with E-state index in [1.165, 1.54) is 11.3 Å². The number of carbonyl (C=O) groups excluding carboxylic acids is 3. The highest BCUT2D eigenvalue weighted by Crippen LogP contribution is 2.18. The van der Waals surface area contributed by atoms with E-state index < -0.39 is 0 Å². The van der Waals surface area contributed by atoms with Crippen molar-refractivity contribution in [1.29, 1.82) is 0 Å². The van der Waals surface area contributed by atoms with Crippen LogP contribution in [0.15, 0.2) is 41.1 Å². The summed E-state index contributed by atoms with van der Waals surface area (Å²) in [5.74, 6) is 0.114. The van der Waals surface area contributed by atoms with Crippen LogP contribution in [0.5, 0.6) is 0 Å². The molecule has 1 N–H and O–H groups in total. The maximum absolute atomic E-state index is 12.4. The Morgan fingerprint density at radius 2 is 1.71 bits per heavy atom. The molecule has 0 radical (unpaired) electrons. The Hall–Kier alpha value is -2.67. The Morgan fingerprint density at radius 1 is 1.00 bits per heavy atom. The van der Waals surface area contributed by atoms with Crippen molar-refractivity contribution in [2.24, 2.45) is 0 Å². The second-order valence-electron chi connectivity index (χ2n) is 6.84. The number of nitrogens with zero attached hydrogens (tertiary/aromatic N) is 2. The summed E-state index contributed by atoms with van der Waals surface area (Å²) < 4.78 is 0. The molecule has 148 valence electrons. The minimum Gasteiger partial charge on any atom is -0.368 e. The quantitative estimate of drug-likeness (QED) is 0.574. The van der Waals surface area contributed by atoms with Gasteiger partial charge in [0.1, 0.15) is 0 Å². The van der Waals surface area contributed by atoms with Gasteiger partial charge in [0.05, 0.1) is 0 Å². The summed E-state index contributed by atoms with van der Waals surface area (Å²) in [4.78, 5) is 39.7. The third-order valence-electron chi connectivity index (χ3n) is 4.91. The van der Waals surface area contributed by atoms with Crippen molar-refractivity contribution in [3.63, 3.8) is 0 Å². The highest BCUT2D eigenvalue weighted by atomic mass is 32.1. The highest BCUT2D eigenvalue weighted by molar-refractivity contribution is 7.08. The molecule has 2 aromatic rings. The lowest BCUT2D eigenvalue weighted by Gasteiger charge is -2.36. The predicted molar refractivity (Wildman–Crippen MR) is 111 cm³/mol. The molecule has 1 saturated heterocycles. The summed E-state index contributed by atoms with van der Waals surface area (Å²) >= 11 is 1.49. The van der Waals surface area contributed by atoms with Crippen LogP contribution < -0.4 is 10.2 Å². The van der Waals surface area contributed by atoms with E-state index in [0.29, 0.717) is 43.6 Å². The number of hydrogen-bond acceptors (Lipinski definition) is 5. The van der Waals surface area contributed by atoms with Gasteiger partial charge in [-0.3, -0.25) is 14.4 Å². The summed E-state index contributed by atoms with van der Waals surface area (Å²) in [6, 6.07) is 9.41. The summed E-state index contributed by atoms with van der Waals surface area (Å²) in [7, 11) is 0. The van der Waals surface area contributed by atoms with Crippen molar-refractivity contribution in [2.45, 2.75) is 19.8 Å². The number of anilines is 1. The third kappa shape index (κ3) is 5.19. The van der Waals surface area contributed by atoms with Gasteiger partial charge in [-0.2, -0.15) is 11.3 Å². The van der Waals surface area contributed by atoms with Crippen LogP contribution in [0.3, 0.4) is 0 Å². The van der Waals surface area contributed by atoms with Gasteiger partial charge in [-0.05, 0) is 49.1 Å². The molecule has 1 aromatic carbocycles. The average Bonchev–Trinajstić information content (AvgIpc) is 3.26. The van der Waals surface area contributed by atoms with Crippen molar-refractivity contribution in [3.8, 4) is 0 Å². The van der Waals surface area contributed by atoms with E-state index in [4.69, 9.17) is 0 Å². The topological polar surface area (TPSA) is 69.7 Å². The van der Waals surface area contributed by atoms with Crippen LogP contribution in [0.1, 0.15) is 40.5 Å². The van der Waals surface area contributed by atoms with Crippen LogP contribution in [0.2, 0.25) is 0 Å². The first kappa shape index (κ1) is 20.1. The Kier molecular flexibility index (Phi) is 6.81. The molecule has 0 spiro atoms. The normalized spacial score (nSPS) is 14.0. The molecule has 3 rings (SSSR count). The molecular formula is C21H25N3O3S. The van der Waals surface area contributed by atoms with Gasteiger partial charge in [0.25, 0.3) is 5.91 Å². The summed E-state index contributed by atoms with van der Waals surface area (Å²) in [5, 5.41) is 6.53. The maximum Gasteiger partial charge on any atom is 0.252 e. The van der Waals surface area contributed by atoms with Crippen LogP contribution in [-0.4, -0.2) is 55.2 Å². The molecule has 0 saturated carbocycles. The van der Waals surface area contributed by atoms with Gasteiger partial charge in [-0.15, -0.1) is 0 Å². The number of amides is 2. The first-order valence-corrected chi connectivity index (χ1v) is 10.4. The zero-order valence-corrected chi connectivity index (χ0v) is 16.8. The van der Waals surface area contributed by atoms with Gasteiger partial charge < -0.3 is 15.1 Å². The SMILES string of the molecule is CC(=O)c1ccc(N2CCN(C(=O)CCCNC(=O)c3ccsc3)CC2)cc1. The van der Waals surface area contributed by atoms with Crippen LogP contribution in [0.25, 0.3) is 0 Å². The molecule has 0 aliphatic carbocycles. The van der Waals surface area contributed by atoms with Crippen LogP contribution in [0, 0.1) is 0 Å².